The molecule has 0 atom stereocenters. The van der Waals surface area contributed by atoms with Crippen molar-refractivity contribution in [3.63, 3.8) is 0 Å². The van der Waals surface area contributed by atoms with E-state index in [-0.39, 0.29) is 0 Å². The molecule has 0 fully saturated rings. The van der Waals surface area contributed by atoms with Gasteiger partial charge in [0, 0.05) is 36.5 Å². The summed E-state index contributed by atoms with van der Waals surface area (Å²) in [6, 6.07) is 27.4. The monoisotopic (exact) mass is 352 g/mol. The standard InChI is InChI=1S/C25H20O2/c1-26-25(27-2,20-19-22-13-7-4-8-14-22)24-16-10-9-15-23(24)18-17-21-11-5-3-6-12-21/h3-16H,1-2H3. The summed E-state index contributed by atoms with van der Waals surface area (Å²) in [5.74, 6) is 11.5. The van der Waals surface area contributed by atoms with Gasteiger partial charge in [-0.15, -0.1) is 0 Å². The maximum atomic E-state index is 5.72. The van der Waals surface area contributed by atoms with Gasteiger partial charge in [0.05, 0.1) is 0 Å². The van der Waals surface area contributed by atoms with Crippen LogP contribution in [0.2, 0.25) is 0 Å². The fourth-order valence-electron chi connectivity index (χ4n) is 2.69. The third-order valence-corrected chi connectivity index (χ3v) is 4.12. The van der Waals surface area contributed by atoms with Crippen molar-refractivity contribution in [2.75, 3.05) is 14.2 Å². The van der Waals surface area contributed by atoms with Crippen molar-refractivity contribution in [3.8, 4) is 23.7 Å². The number of benzene rings is 3. The summed E-state index contributed by atoms with van der Waals surface area (Å²) in [7, 11) is 3.18. The molecule has 3 aromatic carbocycles. The first-order valence-corrected chi connectivity index (χ1v) is 8.62. The summed E-state index contributed by atoms with van der Waals surface area (Å²) in [5.41, 5.74) is 3.43. The quantitative estimate of drug-likeness (QED) is 0.507. The van der Waals surface area contributed by atoms with E-state index in [1.165, 1.54) is 0 Å². The predicted molar refractivity (Wildman–Crippen MR) is 108 cm³/mol. The van der Waals surface area contributed by atoms with Crippen LogP contribution in [-0.2, 0) is 15.3 Å². The molecule has 0 aliphatic rings. The Labute approximate surface area is 160 Å². The Bertz CT molecular complexity index is 996. The Morgan fingerprint density at radius 3 is 1.70 bits per heavy atom. The van der Waals surface area contributed by atoms with Gasteiger partial charge in [-0.2, -0.15) is 0 Å². The van der Waals surface area contributed by atoms with Gasteiger partial charge in [-0.3, -0.25) is 0 Å². The Kier molecular flexibility index (Phi) is 6.08. The lowest BCUT2D eigenvalue weighted by molar-refractivity contribution is -0.170. The highest BCUT2D eigenvalue weighted by molar-refractivity contribution is 5.50. The van der Waals surface area contributed by atoms with Gasteiger partial charge in [-0.05, 0) is 36.3 Å². The fourth-order valence-corrected chi connectivity index (χ4v) is 2.69. The summed E-state index contributed by atoms with van der Waals surface area (Å²) in [6.45, 7) is 0. The Hall–Kier alpha value is -3.30. The lowest BCUT2D eigenvalue weighted by atomic mass is 9.98. The second kappa shape index (κ2) is 8.88. The Morgan fingerprint density at radius 2 is 1.11 bits per heavy atom. The van der Waals surface area contributed by atoms with E-state index in [1.807, 2.05) is 84.9 Å². The van der Waals surface area contributed by atoms with E-state index < -0.39 is 5.79 Å². The maximum absolute atomic E-state index is 5.72. The largest absolute Gasteiger partial charge is 0.339 e. The molecule has 0 saturated heterocycles. The van der Waals surface area contributed by atoms with E-state index in [9.17, 15) is 0 Å². The van der Waals surface area contributed by atoms with E-state index >= 15 is 0 Å². The van der Waals surface area contributed by atoms with Crippen LogP contribution in [-0.4, -0.2) is 14.2 Å². The summed E-state index contributed by atoms with van der Waals surface area (Å²) in [6.07, 6.45) is 0. The highest BCUT2D eigenvalue weighted by atomic mass is 16.7. The molecule has 0 aromatic heterocycles. The molecule has 0 radical (unpaired) electrons. The number of hydrogen-bond acceptors (Lipinski definition) is 2. The van der Waals surface area contributed by atoms with Gasteiger partial charge in [-0.25, -0.2) is 0 Å². The first kappa shape index (κ1) is 18.5. The highest BCUT2D eigenvalue weighted by Gasteiger charge is 2.32. The minimum atomic E-state index is -1.20. The van der Waals surface area contributed by atoms with Crippen molar-refractivity contribution in [2.24, 2.45) is 0 Å². The lowest BCUT2D eigenvalue weighted by Crippen LogP contribution is -2.30. The molecule has 0 aliphatic heterocycles. The fraction of sp³-hybridized carbons (Fsp3) is 0.120. The molecule has 0 aliphatic carbocycles. The first-order valence-electron chi connectivity index (χ1n) is 8.62. The van der Waals surface area contributed by atoms with Crippen LogP contribution in [0.15, 0.2) is 84.9 Å². The number of methoxy groups -OCH3 is 2. The molecule has 132 valence electrons. The van der Waals surface area contributed by atoms with Crippen LogP contribution < -0.4 is 0 Å². The molecule has 0 heterocycles. The van der Waals surface area contributed by atoms with Crippen LogP contribution in [0.25, 0.3) is 0 Å². The molecule has 3 aromatic rings. The van der Waals surface area contributed by atoms with Crippen molar-refractivity contribution < 1.29 is 9.47 Å². The van der Waals surface area contributed by atoms with Crippen molar-refractivity contribution >= 4 is 0 Å². The third kappa shape index (κ3) is 4.46. The van der Waals surface area contributed by atoms with Gasteiger partial charge >= 0.3 is 0 Å². The molecular weight excluding hydrogens is 332 g/mol. The third-order valence-electron chi connectivity index (χ3n) is 4.12. The second-order valence-corrected chi connectivity index (χ2v) is 5.80. The molecule has 0 bridgehead atoms. The maximum Gasteiger partial charge on any atom is 0.262 e. The highest BCUT2D eigenvalue weighted by Crippen LogP contribution is 2.28. The number of ether oxygens (including phenoxy) is 2. The van der Waals surface area contributed by atoms with Gasteiger partial charge < -0.3 is 9.47 Å². The van der Waals surface area contributed by atoms with Crippen LogP contribution in [0.1, 0.15) is 22.3 Å². The van der Waals surface area contributed by atoms with E-state index in [0.717, 1.165) is 22.3 Å². The van der Waals surface area contributed by atoms with Gasteiger partial charge in [0.25, 0.3) is 5.79 Å². The van der Waals surface area contributed by atoms with E-state index in [4.69, 9.17) is 9.47 Å². The van der Waals surface area contributed by atoms with Crippen molar-refractivity contribution in [3.05, 3.63) is 107 Å². The molecule has 0 unspecified atom stereocenters. The molecule has 3 rings (SSSR count). The molecule has 0 spiro atoms. The van der Waals surface area contributed by atoms with Crippen molar-refractivity contribution in [2.45, 2.75) is 5.79 Å². The van der Waals surface area contributed by atoms with Crippen LogP contribution in [0.5, 0.6) is 0 Å². The zero-order valence-corrected chi connectivity index (χ0v) is 15.4. The average Bonchev–Trinajstić information content (AvgIpc) is 2.75. The predicted octanol–water partition coefficient (Wildman–Crippen LogP) is 4.58. The molecule has 2 nitrogen and oxygen atoms in total. The van der Waals surface area contributed by atoms with Crippen LogP contribution in [0, 0.1) is 23.7 Å². The second-order valence-electron chi connectivity index (χ2n) is 5.80. The molecule has 0 amide bonds. The summed E-state index contributed by atoms with van der Waals surface area (Å²) >= 11 is 0. The smallest absolute Gasteiger partial charge is 0.262 e. The van der Waals surface area contributed by atoms with Gasteiger partial charge in [-0.1, -0.05) is 72.4 Å². The minimum Gasteiger partial charge on any atom is -0.339 e. The van der Waals surface area contributed by atoms with Crippen LogP contribution in [0.3, 0.4) is 0 Å². The zero-order chi connectivity index (χ0) is 19.0. The van der Waals surface area contributed by atoms with E-state index in [2.05, 4.69) is 23.7 Å². The van der Waals surface area contributed by atoms with E-state index in [1.54, 1.807) is 14.2 Å². The van der Waals surface area contributed by atoms with Crippen LogP contribution >= 0.6 is 0 Å². The Balaban J connectivity index is 2.05. The van der Waals surface area contributed by atoms with Gasteiger partial charge in [0.2, 0.25) is 0 Å². The number of rotatable bonds is 3. The summed E-state index contributed by atoms with van der Waals surface area (Å²) in [4.78, 5) is 0. The molecule has 27 heavy (non-hydrogen) atoms. The van der Waals surface area contributed by atoms with Gasteiger partial charge in [0.1, 0.15) is 0 Å². The van der Waals surface area contributed by atoms with E-state index in [0.29, 0.717) is 0 Å². The molecular formula is C25H20O2. The van der Waals surface area contributed by atoms with Crippen LogP contribution in [0.4, 0.5) is 0 Å². The Morgan fingerprint density at radius 1 is 0.593 bits per heavy atom. The summed E-state index contributed by atoms with van der Waals surface area (Å²) in [5, 5.41) is 0. The normalized spacial score (nSPS) is 10.3. The first-order chi connectivity index (χ1) is 13.3. The van der Waals surface area contributed by atoms with Crippen molar-refractivity contribution in [1.29, 1.82) is 0 Å². The molecule has 0 saturated carbocycles. The van der Waals surface area contributed by atoms with Gasteiger partial charge in [0.15, 0.2) is 0 Å². The topological polar surface area (TPSA) is 18.5 Å². The molecule has 2 heteroatoms. The van der Waals surface area contributed by atoms with Crippen molar-refractivity contribution in [1.82, 2.24) is 0 Å². The number of hydrogen-bond donors (Lipinski definition) is 0. The average molecular weight is 352 g/mol. The summed E-state index contributed by atoms with van der Waals surface area (Å²) < 4.78 is 11.4. The minimum absolute atomic E-state index is 0.780. The SMILES string of the molecule is COC(C#Cc1ccccc1)(OC)c1ccccc1C#Cc1ccccc1. The molecule has 0 N–H and O–H groups in total. The zero-order valence-electron chi connectivity index (χ0n) is 15.4. The lowest BCUT2D eigenvalue weighted by Gasteiger charge is -2.26.